The Bertz CT molecular complexity index is 686. The molecule has 0 aromatic carbocycles. The molecule has 2 aromatic rings. The molecule has 0 saturated heterocycles. The molecule has 4 nitrogen and oxygen atoms in total. The molecule has 0 aliphatic heterocycles. The monoisotopic (exact) mass is 313 g/mol. The van der Waals surface area contributed by atoms with Crippen molar-refractivity contribution in [3.8, 4) is 11.1 Å². The van der Waals surface area contributed by atoms with Gasteiger partial charge in [0.05, 0.1) is 0 Å². The van der Waals surface area contributed by atoms with Crippen LogP contribution < -0.4 is 5.32 Å². The van der Waals surface area contributed by atoms with Crippen LogP contribution in [0.1, 0.15) is 56.7 Å². The Morgan fingerprint density at radius 3 is 2.61 bits per heavy atom. The van der Waals surface area contributed by atoms with E-state index in [2.05, 4.69) is 41.8 Å². The van der Waals surface area contributed by atoms with Crippen molar-refractivity contribution >= 4 is 5.91 Å². The van der Waals surface area contributed by atoms with E-state index >= 15 is 0 Å². The largest absolute Gasteiger partial charge is 0.351 e. The van der Waals surface area contributed by atoms with E-state index in [0.29, 0.717) is 6.54 Å². The number of nitrogens with one attached hydrogen (secondary N) is 1. The number of amides is 1. The SMILES string of the molecule is CCCC(C)(C)n1cc(-c2ccnc(C)c2)cc1C(=O)NCC. The third-order valence-electron chi connectivity index (χ3n) is 4.13. The number of hydrogen-bond donors (Lipinski definition) is 1. The molecule has 1 amide bonds. The number of aromatic nitrogens is 2. The molecule has 2 heterocycles. The van der Waals surface area contributed by atoms with Crippen LogP contribution in [0, 0.1) is 6.92 Å². The fourth-order valence-electron chi connectivity index (χ4n) is 3.00. The number of carbonyl (C=O) groups excluding carboxylic acids is 1. The molecule has 0 aliphatic carbocycles. The molecular formula is C19H27N3O. The zero-order valence-electron chi connectivity index (χ0n) is 14.8. The van der Waals surface area contributed by atoms with Gasteiger partial charge < -0.3 is 9.88 Å². The fraction of sp³-hybridized carbons (Fsp3) is 0.474. The molecule has 124 valence electrons. The zero-order chi connectivity index (χ0) is 17.0. The summed E-state index contributed by atoms with van der Waals surface area (Å²) in [5.41, 5.74) is 3.74. The van der Waals surface area contributed by atoms with Gasteiger partial charge >= 0.3 is 0 Å². The van der Waals surface area contributed by atoms with Crippen LogP contribution in [-0.4, -0.2) is 22.0 Å². The molecule has 0 spiro atoms. The Balaban J connectivity index is 2.53. The predicted octanol–water partition coefficient (Wildman–Crippen LogP) is 4.14. The number of aryl methyl sites for hydroxylation is 1. The molecule has 0 bridgehead atoms. The lowest BCUT2D eigenvalue weighted by Crippen LogP contribution is -2.32. The number of hydrogen-bond acceptors (Lipinski definition) is 2. The first-order valence-electron chi connectivity index (χ1n) is 8.33. The fourth-order valence-corrected chi connectivity index (χ4v) is 3.00. The highest BCUT2D eigenvalue weighted by Crippen LogP contribution is 2.30. The quantitative estimate of drug-likeness (QED) is 0.871. The average Bonchev–Trinajstić information content (AvgIpc) is 2.93. The zero-order valence-corrected chi connectivity index (χ0v) is 14.8. The van der Waals surface area contributed by atoms with Crippen molar-refractivity contribution < 1.29 is 4.79 Å². The van der Waals surface area contributed by atoms with Gasteiger partial charge in [-0.2, -0.15) is 0 Å². The van der Waals surface area contributed by atoms with E-state index in [0.717, 1.165) is 35.4 Å². The van der Waals surface area contributed by atoms with Gasteiger partial charge in [0.15, 0.2) is 0 Å². The van der Waals surface area contributed by atoms with E-state index < -0.39 is 0 Å². The van der Waals surface area contributed by atoms with Crippen LogP contribution in [-0.2, 0) is 5.54 Å². The van der Waals surface area contributed by atoms with Gasteiger partial charge in [-0.25, -0.2) is 0 Å². The van der Waals surface area contributed by atoms with Crippen molar-refractivity contribution in [2.24, 2.45) is 0 Å². The molecule has 0 atom stereocenters. The third-order valence-corrected chi connectivity index (χ3v) is 4.13. The summed E-state index contributed by atoms with van der Waals surface area (Å²) in [5.74, 6) is -0.0197. The van der Waals surface area contributed by atoms with Crippen molar-refractivity contribution in [3.63, 3.8) is 0 Å². The summed E-state index contributed by atoms with van der Waals surface area (Å²) >= 11 is 0. The average molecular weight is 313 g/mol. The van der Waals surface area contributed by atoms with Crippen LogP contribution in [0.5, 0.6) is 0 Å². The molecule has 2 rings (SSSR count). The first-order chi connectivity index (χ1) is 10.9. The van der Waals surface area contributed by atoms with E-state index in [9.17, 15) is 4.79 Å². The molecule has 0 saturated carbocycles. The molecule has 1 N–H and O–H groups in total. The molecule has 2 aromatic heterocycles. The van der Waals surface area contributed by atoms with Crippen LogP contribution in [0.15, 0.2) is 30.6 Å². The summed E-state index contributed by atoms with van der Waals surface area (Å²) in [4.78, 5) is 16.7. The minimum atomic E-state index is -0.102. The minimum absolute atomic E-state index is 0.0197. The minimum Gasteiger partial charge on any atom is -0.351 e. The first-order valence-corrected chi connectivity index (χ1v) is 8.33. The van der Waals surface area contributed by atoms with Crippen molar-refractivity contribution in [3.05, 3.63) is 42.0 Å². The standard InChI is InChI=1S/C19H27N3O/c1-6-9-19(4,5)22-13-16(12-17(22)18(23)20-7-2)15-8-10-21-14(3)11-15/h8,10-13H,6-7,9H2,1-5H3,(H,20,23). The lowest BCUT2D eigenvalue weighted by Gasteiger charge is -2.28. The maximum absolute atomic E-state index is 12.5. The highest BCUT2D eigenvalue weighted by molar-refractivity contribution is 5.94. The summed E-state index contributed by atoms with van der Waals surface area (Å²) in [6.07, 6.45) is 5.99. The Morgan fingerprint density at radius 1 is 1.26 bits per heavy atom. The summed E-state index contributed by atoms with van der Waals surface area (Å²) in [6.45, 7) is 11.1. The van der Waals surface area contributed by atoms with E-state index in [1.165, 1.54) is 0 Å². The maximum atomic E-state index is 12.5. The Labute approximate surface area is 138 Å². The molecule has 0 radical (unpaired) electrons. The van der Waals surface area contributed by atoms with Gasteiger partial charge in [0.25, 0.3) is 5.91 Å². The van der Waals surface area contributed by atoms with E-state index in [1.54, 1.807) is 0 Å². The summed E-state index contributed by atoms with van der Waals surface area (Å²) in [5, 5.41) is 2.92. The van der Waals surface area contributed by atoms with Crippen LogP contribution in [0.2, 0.25) is 0 Å². The van der Waals surface area contributed by atoms with Gasteiger partial charge in [-0.1, -0.05) is 13.3 Å². The van der Waals surface area contributed by atoms with E-state index in [4.69, 9.17) is 0 Å². The molecule has 0 aliphatic rings. The second kappa shape index (κ2) is 6.99. The van der Waals surface area contributed by atoms with Crippen molar-refractivity contribution in [2.75, 3.05) is 6.54 Å². The van der Waals surface area contributed by atoms with Crippen molar-refractivity contribution in [2.45, 2.75) is 53.0 Å². The van der Waals surface area contributed by atoms with E-state index in [-0.39, 0.29) is 11.4 Å². The molecular weight excluding hydrogens is 286 g/mol. The second-order valence-electron chi connectivity index (χ2n) is 6.59. The number of pyridine rings is 1. The van der Waals surface area contributed by atoms with Gasteiger partial charge in [0, 0.05) is 35.7 Å². The molecule has 23 heavy (non-hydrogen) atoms. The van der Waals surface area contributed by atoms with Gasteiger partial charge in [-0.05, 0) is 57.9 Å². The van der Waals surface area contributed by atoms with Gasteiger partial charge in [0.1, 0.15) is 5.69 Å². The lowest BCUT2D eigenvalue weighted by atomic mass is 9.98. The van der Waals surface area contributed by atoms with Crippen LogP contribution >= 0.6 is 0 Å². The summed E-state index contributed by atoms with van der Waals surface area (Å²) in [7, 11) is 0. The lowest BCUT2D eigenvalue weighted by molar-refractivity contribution is 0.0938. The van der Waals surface area contributed by atoms with Gasteiger partial charge in [0.2, 0.25) is 0 Å². The smallest absolute Gasteiger partial charge is 0.267 e. The third kappa shape index (κ3) is 3.81. The second-order valence-corrected chi connectivity index (χ2v) is 6.59. The first kappa shape index (κ1) is 17.3. The van der Waals surface area contributed by atoms with Crippen molar-refractivity contribution in [1.29, 1.82) is 0 Å². The molecule has 4 heteroatoms. The maximum Gasteiger partial charge on any atom is 0.267 e. The topological polar surface area (TPSA) is 46.9 Å². The number of nitrogens with zero attached hydrogens (tertiary/aromatic N) is 2. The van der Waals surface area contributed by atoms with Crippen molar-refractivity contribution in [1.82, 2.24) is 14.9 Å². The highest BCUT2D eigenvalue weighted by Gasteiger charge is 2.25. The van der Waals surface area contributed by atoms with Gasteiger partial charge in [-0.15, -0.1) is 0 Å². The van der Waals surface area contributed by atoms with Crippen LogP contribution in [0.25, 0.3) is 11.1 Å². The van der Waals surface area contributed by atoms with Gasteiger partial charge in [-0.3, -0.25) is 9.78 Å². The number of carbonyl (C=O) groups is 1. The molecule has 0 unspecified atom stereocenters. The Morgan fingerprint density at radius 2 is 2.00 bits per heavy atom. The predicted molar refractivity (Wildman–Crippen MR) is 94.6 cm³/mol. The summed E-state index contributed by atoms with van der Waals surface area (Å²) < 4.78 is 2.12. The van der Waals surface area contributed by atoms with Crippen LogP contribution in [0.3, 0.4) is 0 Å². The van der Waals surface area contributed by atoms with E-state index in [1.807, 2.05) is 38.2 Å². The Kier molecular flexibility index (Phi) is 5.24. The summed E-state index contributed by atoms with van der Waals surface area (Å²) in [6, 6.07) is 6.02. The molecule has 0 fully saturated rings. The number of rotatable bonds is 6. The van der Waals surface area contributed by atoms with Crippen LogP contribution in [0.4, 0.5) is 0 Å². The Hall–Kier alpha value is -2.10. The highest BCUT2D eigenvalue weighted by atomic mass is 16.1. The normalized spacial score (nSPS) is 11.5.